The SMILES string of the molecule is CC(C)(C)OC(=O)CCN1CCOC(c2ccc(Oc3c(F)cc(F)cc3F)cc2)C1.CC(C)(C)OC(=O)CCN1CCOC(c2ccc(Oc3cc(C(F)(F)F)ccc3C(F)(F)F)cc2)C1. The molecule has 0 spiro atoms. The standard InChI is InChI=1S/C25H27F6NO4.C23H26F3NO4/c1-23(2,3)36-22(33)10-11-32-12-13-34-21(15-32)16-4-7-18(8-5-16)35-20-14-17(24(26,27)28)6-9-19(20)25(29,30)31;1-23(2,3)31-21(28)8-9-27-10-11-29-20(14-27)15-4-6-17(7-5-15)30-22-18(25)12-16(24)13-19(22)26/h4-9,14,21H,10-13,15H2,1-3H3;4-7,12-13,20H,8-11,14H2,1-3H3. The van der Waals surface area contributed by atoms with Crippen molar-refractivity contribution in [2.75, 3.05) is 52.5 Å². The zero-order valence-electron chi connectivity index (χ0n) is 37.8. The van der Waals surface area contributed by atoms with Gasteiger partial charge < -0.3 is 28.4 Å². The Labute approximate surface area is 382 Å². The van der Waals surface area contributed by atoms with E-state index in [4.69, 9.17) is 28.4 Å². The lowest BCUT2D eigenvalue weighted by Gasteiger charge is -2.33. The minimum atomic E-state index is -4.89. The quantitative estimate of drug-likeness (QED) is 0.101. The molecule has 0 N–H and O–H groups in total. The van der Waals surface area contributed by atoms with Crippen molar-refractivity contribution < 1.29 is 77.5 Å². The first kappa shape index (κ1) is 52.6. The first-order valence-electron chi connectivity index (χ1n) is 21.3. The van der Waals surface area contributed by atoms with Crippen molar-refractivity contribution in [3.8, 4) is 23.0 Å². The molecule has 0 aliphatic carbocycles. The molecule has 366 valence electrons. The van der Waals surface area contributed by atoms with Crippen LogP contribution in [0.2, 0.25) is 0 Å². The molecule has 2 heterocycles. The Hall–Kier alpha value is -5.37. The zero-order chi connectivity index (χ0) is 49.3. The summed E-state index contributed by atoms with van der Waals surface area (Å²) in [4.78, 5) is 28.1. The van der Waals surface area contributed by atoms with E-state index in [-0.39, 0.29) is 42.1 Å². The summed E-state index contributed by atoms with van der Waals surface area (Å²) in [5.74, 6) is -5.22. The Balaban J connectivity index is 0.000000254. The molecule has 10 nitrogen and oxygen atoms in total. The molecule has 4 aromatic carbocycles. The molecule has 4 aromatic rings. The average molecular weight is 957 g/mol. The van der Waals surface area contributed by atoms with Crippen molar-refractivity contribution in [1.29, 1.82) is 0 Å². The summed E-state index contributed by atoms with van der Waals surface area (Å²) in [6, 6.07) is 14.7. The van der Waals surface area contributed by atoms with Crippen molar-refractivity contribution in [2.45, 2.75) is 90.1 Å². The third-order valence-electron chi connectivity index (χ3n) is 9.93. The average Bonchev–Trinajstić information content (AvgIpc) is 3.22. The maximum absolute atomic E-state index is 13.8. The summed E-state index contributed by atoms with van der Waals surface area (Å²) >= 11 is 0. The molecule has 6 rings (SSSR count). The molecule has 0 aromatic heterocycles. The van der Waals surface area contributed by atoms with Crippen LogP contribution >= 0.6 is 0 Å². The van der Waals surface area contributed by atoms with Crippen molar-refractivity contribution >= 4 is 11.9 Å². The first-order chi connectivity index (χ1) is 31.2. The smallest absolute Gasteiger partial charge is 0.419 e. The Morgan fingerprint density at radius 1 is 0.597 bits per heavy atom. The van der Waals surface area contributed by atoms with Gasteiger partial charge in [0.1, 0.15) is 34.3 Å². The third kappa shape index (κ3) is 16.7. The predicted molar refractivity (Wildman–Crippen MR) is 227 cm³/mol. The number of halogens is 9. The molecule has 2 fully saturated rings. The topological polar surface area (TPSA) is 96.0 Å². The fourth-order valence-electron chi connectivity index (χ4n) is 6.89. The summed E-state index contributed by atoms with van der Waals surface area (Å²) in [7, 11) is 0. The number of nitrogens with zero attached hydrogens (tertiary/aromatic N) is 2. The van der Waals surface area contributed by atoms with Crippen LogP contribution in [0.15, 0.2) is 78.9 Å². The van der Waals surface area contributed by atoms with E-state index in [9.17, 15) is 49.1 Å². The van der Waals surface area contributed by atoms with E-state index in [0.29, 0.717) is 94.8 Å². The van der Waals surface area contributed by atoms with E-state index < -0.39 is 63.6 Å². The largest absolute Gasteiger partial charge is 0.460 e. The third-order valence-corrected chi connectivity index (χ3v) is 9.93. The molecule has 19 heteroatoms. The van der Waals surface area contributed by atoms with Gasteiger partial charge >= 0.3 is 24.3 Å². The molecule has 0 saturated carbocycles. The van der Waals surface area contributed by atoms with Crippen LogP contribution in [0.1, 0.15) is 88.8 Å². The summed E-state index contributed by atoms with van der Waals surface area (Å²) in [5, 5.41) is 0. The van der Waals surface area contributed by atoms with Crippen LogP contribution < -0.4 is 9.47 Å². The van der Waals surface area contributed by atoms with Crippen LogP contribution in [0.25, 0.3) is 0 Å². The van der Waals surface area contributed by atoms with Gasteiger partial charge in [0.05, 0.1) is 49.4 Å². The van der Waals surface area contributed by atoms with Gasteiger partial charge in [-0.1, -0.05) is 24.3 Å². The van der Waals surface area contributed by atoms with Gasteiger partial charge in [0, 0.05) is 51.4 Å². The van der Waals surface area contributed by atoms with Crippen LogP contribution in [-0.2, 0) is 40.9 Å². The van der Waals surface area contributed by atoms with Crippen molar-refractivity contribution in [2.24, 2.45) is 0 Å². The van der Waals surface area contributed by atoms with Gasteiger partial charge in [0.25, 0.3) is 0 Å². The van der Waals surface area contributed by atoms with Crippen LogP contribution in [0.3, 0.4) is 0 Å². The summed E-state index contributed by atoms with van der Waals surface area (Å²) in [6.07, 6.45) is -9.76. The second-order valence-electron chi connectivity index (χ2n) is 17.7. The van der Waals surface area contributed by atoms with Gasteiger partial charge in [-0.3, -0.25) is 19.4 Å². The number of rotatable bonds is 12. The summed E-state index contributed by atoms with van der Waals surface area (Å²) in [5.41, 5.74) is -2.05. The molecule has 0 bridgehead atoms. The van der Waals surface area contributed by atoms with E-state index in [1.807, 2.05) is 25.7 Å². The highest BCUT2D eigenvalue weighted by Crippen LogP contribution is 2.42. The molecule has 67 heavy (non-hydrogen) atoms. The number of carbonyl (C=O) groups excluding carboxylic acids is 2. The molecule has 2 aliphatic rings. The minimum Gasteiger partial charge on any atom is -0.460 e. The predicted octanol–water partition coefficient (Wildman–Crippen LogP) is 11.6. The van der Waals surface area contributed by atoms with Gasteiger partial charge in [0.15, 0.2) is 17.4 Å². The summed E-state index contributed by atoms with van der Waals surface area (Å²) in [6.45, 7) is 15.3. The lowest BCUT2D eigenvalue weighted by atomic mass is 10.1. The number of morpholine rings is 2. The van der Waals surface area contributed by atoms with Crippen molar-refractivity contribution in [3.63, 3.8) is 0 Å². The first-order valence-corrected chi connectivity index (χ1v) is 21.3. The molecule has 2 unspecified atom stereocenters. The Morgan fingerprint density at radius 2 is 1.03 bits per heavy atom. The van der Waals surface area contributed by atoms with E-state index in [1.54, 1.807) is 57.2 Å². The molecule has 0 amide bonds. The van der Waals surface area contributed by atoms with Crippen molar-refractivity contribution in [3.05, 3.63) is 119 Å². The normalized spacial score (nSPS) is 17.5. The number of hydrogen-bond acceptors (Lipinski definition) is 10. The highest BCUT2D eigenvalue weighted by Gasteiger charge is 2.38. The summed E-state index contributed by atoms with van der Waals surface area (Å²) < 4.78 is 152. The number of esters is 2. The monoisotopic (exact) mass is 956 g/mol. The molecular weight excluding hydrogens is 904 g/mol. The Bertz CT molecular complexity index is 2250. The van der Waals surface area contributed by atoms with Crippen LogP contribution in [0.5, 0.6) is 23.0 Å². The number of hydrogen-bond donors (Lipinski definition) is 0. The van der Waals surface area contributed by atoms with Crippen LogP contribution in [0, 0.1) is 17.5 Å². The Morgan fingerprint density at radius 3 is 1.43 bits per heavy atom. The van der Waals surface area contributed by atoms with Gasteiger partial charge in [-0.25, -0.2) is 13.2 Å². The second kappa shape index (κ2) is 22.2. The highest BCUT2D eigenvalue weighted by atomic mass is 19.4. The van der Waals surface area contributed by atoms with Gasteiger partial charge in [0.2, 0.25) is 0 Å². The molecule has 0 radical (unpaired) electrons. The van der Waals surface area contributed by atoms with E-state index in [0.717, 1.165) is 5.56 Å². The maximum Gasteiger partial charge on any atom is 0.419 e. The van der Waals surface area contributed by atoms with Gasteiger partial charge in [-0.15, -0.1) is 0 Å². The molecule has 2 aliphatic heterocycles. The fraction of sp³-hybridized carbons (Fsp3) is 0.458. The number of benzene rings is 4. The van der Waals surface area contributed by atoms with Crippen LogP contribution in [-0.4, -0.2) is 85.4 Å². The molecular formula is C48H53F9N2O8. The van der Waals surface area contributed by atoms with Gasteiger partial charge in [-0.05, 0) is 95.1 Å². The lowest BCUT2D eigenvalue weighted by molar-refractivity contribution is -0.156. The van der Waals surface area contributed by atoms with Crippen LogP contribution in [0.4, 0.5) is 39.5 Å². The maximum atomic E-state index is 13.8. The zero-order valence-corrected chi connectivity index (χ0v) is 37.8. The number of alkyl halides is 6. The number of ether oxygens (including phenoxy) is 6. The van der Waals surface area contributed by atoms with Gasteiger partial charge in [-0.2, -0.15) is 26.3 Å². The molecule has 2 atom stereocenters. The fourth-order valence-corrected chi connectivity index (χ4v) is 6.89. The van der Waals surface area contributed by atoms with E-state index >= 15 is 0 Å². The molecule has 2 saturated heterocycles. The van der Waals surface area contributed by atoms with Crippen molar-refractivity contribution in [1.82, 2.24) is 9.80 Å². The second-order valence-corrected chi connectivity index (χ2v) is 17.7. The van der Waals surface area contributed by atoms with E-state index in [1.165, 1.54) is 12.1 Å². The Kier molecular flexibility index (Phi) is 17.4. The highest BCUT2D eigenvalue weighted by molar-refractivity contribution is 5.70. The minimum absolute atomic E-state index is 0.0545. The van der Waals surface area contributed by atoms with E-state index in [2.05, 4.69) is 4.90 Å². The lowest BCUT2D eigenvalue weighted by Crippen LogP contribution is -2.39. The number of carbonyl (C=O) groups is 2.